The highest BCUT2D eigenvalue weighted by atomic mass is 32.1. The summed E-state index contributed by atoms with van der Waals surface area (Å²) in [6, 6.07) is 2.09. The first-order valence-corrected chi connectivity index (χ1v) is 7.37. The second-order valence-electron chi connectivity index (χ2n) is 4.73. The normalized spacial score (nSPS) is 11.4. The Morgan fingerprint density at radius 3 is 2.95 bits per heavy atom. The maximum absolute atomic E-state index is 5.75. The number of nitrogen functional groups attached to an aromatic ring is 1. The van der Waals surface area contributed by atoms with Crippen LogP contribution < -0.4 is 11.1 Å². The third-order valence-corrected chi connectivity index (χ3v) is 3.94. The van der Waals surface area contributed by atoms with E-state index >= 15 is 0 Å². The van der Waals surface area contributed by atoms with Crippen LogP contribution in [-0.2, 0) is 4.74 Å². The molecule has 7 heteroatoms. The van der Waals surface area contributed by atoms with Crippen LogP contribution in [0.4, 0.5) is 11.8 Å². The van der Waals surface area contributed by atoms with Crippen LogP contribution in [0, 0.1) is 6.92 Å². The fourth-order valence-electron chi connectivity index (χ4n) is 1.92. The molecule has 2 heterocycles. The van der Waals surface area contributed by atoms with E-state index in [0.717, 1.165) is 42.3 Å². The smallest absolute Gasteiger partial charge is 0.223 e. The largest absolute Gasteiger partial charge is 0.383 e. The van der Waals surface area contributed by atoms with Crippen LogP contribution in [0.3, 0.4) is 0 Å². The fraction of sp³-hybridized carbons (Fsp3) is 0.538. The predicted molar refractivity (Wildman–Crippen MR) is 84.4 cm³/mol. The number of fused-ring (bicyclic) bond motifs is 1. The molecule has 3 N–H and O–H groups in total. The minimum atomic E-state index is 0.314. The second-order valence-corrected chi connectivity index (χ2v) is 5.96. The number of nitrogens with one attached hydrogen (secondary N) is 1. The van der Waals surface area contributed by atoms with Crippen LogP contribution in [0.15, 0.2) is 6.07 Å². The molecule has 2 aromatic heterocycles. The van der Waals surface area contributed by atoms with Crippen molar-refractivity contribution >= 4 is 33.3 Å². The Hall–Kier alpha value is -1.44. The minimum absolute atomic E-state index is 0.314. The molecule has 0 saturated carbocycles. The monoisotopic (exact) mass is 295 g/mol. The summed E-state index contributed by atoms with van der Waals surface area (Å²) in [5.41, 5.74) is 5.75. The average molecular weight is 295 g/mol. The van der Waals surface area contributed by atoms with Crippen molar-refractivity contribution < 1.29 is 4.74 Å². The van der Waals surface area contributed by atoms with Gasteiger partial charge in [0, 0.05) is 31.6 Å². The molecule has 0 fully saturated rings. The molecule has 20 heavy (non-hydrogen) atoms. The summed E-state index contributed by atoms with van der Waals surface area (Å²) in [4.78, 5) is 12.9. The maximum atomic E-state index is 5.75. The van der Waals surface area contributed by atoms with Crippen molar-refractivity contribution in [2.45, 2.75) is 6.92 Å². The van der Waals surface area contributed by atoms with Crippen molar-refractivity contribution in [2.24, 2.45) is 0 Å². The Morgan fingerprint density at radius 1 is 1.40 bits per heavy atom. The topological polar surface area (TPSA) is 76.3 Å². The Kier molecular flexibility index (Phi) is 5.11. The SMILES string of the molecule is COCCN(C)CCNc1nc(N)nc2sc(C)cc12. The molecule has 0 atom stereocenters. The van der Waals surface area contributed by atoms with E-state index in [4.69, 9.17) is 10.5 Å². The molecule has 0 aromatic carbocycles. The first-order valence-electron chi connectivity index (χ1n) is 6.55. The van der Waals surface area contributed by atoms with E-state index < -0.39 is 0 Å². The molecule has 0 spiro atoms. The number of aryl methyl sites for hydroxylation is 1. The number of nitrogens with zero attached hydrogens (tertiary/aromatic N) is 3. The standard InChI is InChI=1S/C13H21N5OS/c1-9-8-10-11(16-13(14)17-12(10)20-9)15-4-5-18(2)6-7-19-3/h8H,4-7H2,1-3H3,(H3,14,15,16,17). The lowest BCUT2D eigenvalue weighted by Crippen LogP contribution is -2.28. The quantitative estimate of drug-likeness (QED) is 0.807. The Balaban J connectivity index is 1.99. The van der Waals surface area contributed by atoms with Gasteiger partial charge >= 0.3 is 0 Å². The van der Waals surface area contributed by atoms with Crippen molar-refractivity contribution in [3.8, 4) is 0 Å². The van der Waals surface area contributed by atoms with Gasteiger partial charge in [-0.1, -0.05) is 0 Å². The van der Waals surface area contributed by atoms with Gasteiger partial charge in [-0.15, -0.1) is 11.3 Å². The van der Waals surface area contributed by atoms with Gasteiger partial charge < -0.3 is 20.7 Å². The number of nitrogens with two attached hydrogens (primary N) is 1. The summed E-state index contributed by atoms with van der Waals surface area (Å²) in [6.07, 6.45) is 0. The van der Waals surface area contributed by atoms with E-state index in [2.05, 4.69) is 40.2 Å². The van der Waals surface area contributed by atoms with Crippen LogP contribution in [0.1, 0.15) is 4.88 Å². The molecule has 110 valence electrons. The van der Waals surface area contributed by atoms with Crippen molar-refractivity contribution in [3.05, 3.63) is 10.9 Å². The summed E-state index contributed by atoms with van der Waals surface area (Å²) in [5.74, 6) is 1.13. The molecule has 0 saturated heterocycles. The van der Waals surface area contributed by atoms with Crippen LogP contribution in [-0.4, -0.2) is 55.3 Å². The Labute approximate surface area is 123 Å². The van der Waals surface area contributed by atoms with E-state index in [0.29, 0.717) is 5.95 Å². The molecular formula is C13H21N5OS. The van der Waals surface area contributed by atoms with Gasteiger partial charge in [-0.25, -0.2) is 4.98 Å². The van der Waals surface area contributed by atoms with Crippen molar-refractivity contribution in [3.63, 3.8) is 0 Å². The summed E-state index contributed by atoms with van der Waals surface area (Å²) in [6.45, 7) is 5.44. The number of hydrogen-bond acceptors (Lipinski definition) is 7. The highest BCUT2D eigenvalue weighted by Gasteiger charge is 2.09. The fourth-order valence-corrected chi connectivity index (χ4v) is 2.80. The van der Waals surface area contributed by atoms with E-state index in [9.17, 15) is 0 Å². The van der Waals surface area contributed by atoms with Crippen LogP contribution in [0.25, 0.3) is 10.2 Å². The summed E-state index contributed by atoms with van der Waals surface area (Å²) in [5, 5.41) is 4.39. The van der Waals surface area contributed by atoms with Gasteiger partial charge in [-0.3, -0.25) is 0 Å². The van der Waals surface area contributed by atoms with Crippen molar-refractivity contribution in [2.75, 3.05) is 51.4 Å². The van der Waals surface area contributed by atoms with Gasteiger partial charge in [-0.2, -0.15) is 4.98 Å². The van der Waals surface area contributed by atoms with Gasteiger partial charge in [0.2, 0.25) is 5.95 Å². The lowest BCUT2D eigenvalue weighted by atomic mass is 10.3. The molecular weight excluding hydrogens is 274 g/mol. The van der Waals surface area contributed by atoms with E-state index in [1.165, 1.54) is 4.88 Å². The van der Waals surface area contributed by atoms with E-state index in [-0.39, 0.29) is 0 Å². The average Bonchev–Trinajstić information content (AvgIpc) is 2.76. The molecule has 0 radical (unpaired) electrons. The first kappa shape index (κ1) is 15.0. The predicted octanol–water partition coefficient (Wildman–Crippen LogP) is 1.57. The molecule has 2 aromatic rings. The first-order chi connectivity index (χ1) is 9.60. The van der Waals surface area contributed by atoms with Gasteiger partial charge in [0.25, 0.3) is 0 Å². The van der Waals surface area contributed by atoms with Gasteiger partial charge in [0.05, 0.1) is 12.0 Å². The minimum Gasteiger partial charge on any atom is -0.383 e. The lowest BCUT2D eigenvalue weighted by Gasteiger charge is -2.16. The molecule has 0 amide bonds. The number of rotatable bonds is 7. The van der Waals surface area contributed by atoms with E-state index in [1.807, 2.05) is 0 Å². The number of thiophene rings is 1. The van der Waals surface area contributed by atoms with Crippen molar-refractivity contribution in [1.82, 2.24) is 14.9 Å². The number of methoxy groups -OCH3 is 1. The number of ether oxygens (including phenoxy) is 1. The number of anilines is 2. The summed E-state index contributed by atoms with van der Waals surface area (Å²) in [7, 11) is 3.78. The van der Waals surface area contributed by atoms with Crippen LogP contribution >= 0.6 is 11.3 Å². The van der Waals surface area contributed by atoms with Gasteiger partial charge in [0.15, 0.2) is 0 Å². The molecule has 0 aliphatic heterocycles. The number of likely N-dealkylation sites (N-methyl/N-ethyl adjacent to an activating group) is 1. The third-order valence-electron chi connectivity index (χ3n) is 3.00. The van der Waals surface area contributed by atoms with Gasteiger partial charge in [-0.05, 0) is 20.0 Å². The van der Waals surface area contributed by atoms with E-state index in [1.54, 1.807) is 18.4 Å². The lowest BCUT2D eigenvalue weighted by molar-refractivity contribution is 0.163. The molecule has 0 bridgehead atoms. The Bertz CT molecular complexity index is 571. The summed E-state index contributed by atoms with van der Waals surface area (Å²) < 4.78 is 5.06. The van der Waals surface area contributed by atoms with Crippen molar-refractivity contribution in [1.29, 1.82) is 0 Å². The highest BCUT2D eigenvalue weighted by molar-refractivity contribution is 7.18. The molecule has 2 rings (SSSR count). The zero-order valence-electron chi connectivity index (χ0n) is 12.1. The molecule has 0 aliphatic rings. The maximum Gasteiger partial charge on any atom is 0.223 e. The molecule has 0 aliphatic carbocycles. The van der Waals surface area contributed by atoms with Gasteiger partial charge in [0.1, 0.15) is 10.6 Å². The summed E-state index contributed by atoms with van der Waals surface area (Å²) >= 11 is 1.63. The Morgan fingerprint density at radius 2 is 2.20 bits per heavy atom. The van der Waals surface area contributed by atoms with Crippen LogP contribution in [0.2, 0.25) is 0 Å². The second kappa shape index (κ2) is 6.83. The zero-order chi connectivity index (χ0) is 14.5. The number of aromatic nitrogens is 2. The van der Waals surface area contributed by atoms with Crippen LogP contribution in [0.5, 0.6) is 0 Å². The molecule has 0 unspecified atom stereocenters. The zero-order valence-corrected chi connectivity index (χ0v) is 13.0. The highest BCUT2D eigenvalue weighted by Crippen LogP contribution is 2.28. The molecule has 6 nitrogen and oxygen atoms in total. The number of hydrogen-bond donors (Lipinski definition) is 2. The third kappa shape index (κ3) is 3.78.